The summed E-state index contributed by atoms with van der Waals surface area (Å²) in [5, 5.41) is 16.1. The minimum absolute atomic E-state index is 0.818. The molecule has 92 valence electrons. The third-order valence-corrected chi connectivity index (χ3v) is 4.09. The first kappa shape index (κ1) is 10.6. The molecule has 4 rings (SSSR count). The molecular formula is C14H10N4S. The van der Waals surface area contributed by atoms with Crippen LogP contribution < -0.4 is 0 Å². The molecule has 0 N–H and O–H groups in total. The second-order valence-electron chi connectivity index (χ2n) is 4.41. The van der Waals surface area contributed by atoms with Crippen LogP contribution in [0.4, 0.5) is 0 Å². The first-order chi connectivity index (χ1) is 9.31. The summed E-state index contributed by atoms with van der Waals surface area (Å²) in [7, 11) is 0. The Bertz CT molecular complexity index is 891. The maximum atomic E-state index is 4.56. The van der Waals surface area contributed by atoms with Crippen LogP contribution in [0.2, 0.25) is 0 Å². The topological polar surface area (TPSA) is 43.1 Å². The summed E-state index contributed by atoms with van der Waals surface area (Å²) >= 11 is 1.56. The van der Waals surface area contributed by atoms with Gasteiger partial charge in [-0.3, -0.25) is 0 Å². The molecule has 0 aliphatic carbocycles. The Balaban J connectivity index is 1.92. The number of nitrogens with zero attached hydrogens (tertiary/aromatic N) is 4. The third kappa shape index (κ3) is 1.62. The monoisotopic (exact) mass is 266 g/mol. The molecule has 2 aromatic heterocycles. The van der Waals surface area contributed by atoms with Gasteiger partial charge in [-0.15, -0.1) is 10.2 Å². The van der Waals surface area contributed by atoms with E-state index in [4.69, 9.17) is 0 Å². The molecule has 2 aromatic carbocycles. The highest BCUT2D eigenvalue weighted by atomic mass is 32.1. The minimum atomic E-state index is 0.818. The molecule has 0 aliphatic heterocycles. The number of hydrogen-bond acceptors (Lipinski definition) is 4. The molecule has 0 saturated heterocycles. The lowest BCUT2D eigenvalue weighted by Gasteiger charge is -1.99. The first-order valence-corrected chi connectivity index (χ1v) is 6.81. The van der Waals surface area contributed by atoms with Crippen molar-refractivity contribution < 1.29 is 0 Å². The summed E-state index contributed by atoms with van der Waals surface area (Å²) in [5.41, 5.74) is 1.12. The van der Waals surface area contributed by atoms with E-state index in [2.05, 4.69) is 57.8 Å². The van der Waals surface area contributed by atoms with Crippen LogP contribution in [-0.2, 0) is 0 Å². The van der Waals surface area contributed by atoms with E-state index in [0.717, 1.165) is 21.4 Å². The first-order valence-electron chi connectivity index (χ1n) is 5.99. The minimum Gasteiger partial charge on any atom is -0.187 e. The Morgan fingerprint density at radius 2 is 1.84 bits per heavy atom. The molecule has 4 aromatic rings. The van der Waals surface area contributed by atoms with Crippen molar-refractivity contribution >= 4 is 27.1 Å². The molecule has 0 unspecified atom stereocenters. The molecule has 0 saturated carbocycles. The number of benzene rings is 2. The number of aromatic nitrogens is 4. The van der Waals surface area contributed by atoms with Gasteiger partial charge in [0.1, 0.15) is 5.01 Å². The molecule has 0 aliphatic rings. The maximum Gasteiger partial charge on any atom is 0.234 e. The fourth-order valence-corrected chi connectivity index (χ4v) is 3.04. The normalized spacial score (nSPS) is 11.4. The van der Waals surface area contributed by atoms with Gasteiger partial charge < -0.3 is 0 Å². The van der Waals surface area contributed by atoms with Crippen molar-refractivity contribution in [3.05, 3.63) is 48.3 Å². The van der Waals surface area contributed by atoms with Gasteiger partial charge in [-0.25, -0.2) is 0 Å². The molecule has 0 radical (unpaired) electrons. The standard InChI is InChI=1S/C14H10N4S/c1-9-15-16-14-18(9)17-13(19-14)12-7-6-10-4-2-3-5-11(10)8-12/h2-8H,1H3. The fraction of sp³-hybridized carbons (Fsp3) is 0.0714. The molecule has 0 spiro atoms. The smallest absolute Gasteiger partial charge is 0.187 e. The van der Waals surface area contributed by atoms with E-state index in [1.165, 1.54) is 10.8 Å². The van der Waals surface area contributed by atoms with Crippen molar-refractivity contribution in [2.24, 2.45) is 0 Å². The van der Waals surface area contributed by atoms with E-state index in [-0.39, 0.29) is 0 Å². The molecule has 5 heteroatoms. The van der Waals surface area contributed by atoms with Crippen molar-refractivity contribution in [2.75, 3.05) is 0 Å². The summed E-state index contributed by atoms with van der Waals surface area (Å²) in [4.78, 5) is 0.834. The highest BCUT2D eigenvalue weighted by molar-refractivity contribution is 7.19. The Labute approximate surface area is 113 Å². The second-order valence-corrected chi connectivity index (χ2v) is 5.37. The number of fused-ring (bicyclic) bond motifs is 2. The Morgan fingerprint density at radius 1 is 1.00 bits per heavy atom. The predicted molar refractivity (Wildman–Crippen MR) is 76.3 cm³/mol. The highest BCUT2D eigenvalue weighted by Crippen LogP contribution is 2.28. The van der Waals surface area contributed by atoms with Gasteiger partial charge >= 0.3 is 0 Å². The molecule has 2 heterocycles. The van der Waals surface area contributed by atoms with Crippen LogP contribution in [0, 0.1) is 6.92 Å². The highest BCUT2D eigenvalue weighted by Gasteiger charge is 2.10. The number of rotatable bonds is 1. The number of aryl methyl sites for hydroxylation is 1. The van der Waals surface area contributed by atoms with Gasteiger partial charge in [-0.2, -0.15) is 9.61 Å². The van der Waals surface area contributed by atoms with Gasteiger partial charge in [0.2, 0.25) is 4.96 Å². The summed E-state index contributed by atoms with van der Waals surface area (Å²) in [6.07, 6.45) is 0. The van der Waals surface area contributed by atoms with Crippen molar-refractivity contribution in [1.29, 1.82) is 0 Å². The van der Waals surface area contributed by atoms with E-state index in [0.29, 0.717) is 0 Å². The van der Waals surface area contributed by atoms with Gasteiger partial charge in [-0.1, -0.05) is 47.7 Å². The van der Waals surface area contributed by atoms with Crippen molar-refractivity contribution in [3.63, 3.8) is 0 Å². The lowest BCUT2D eigenvalue weighted by atomic mass is 10.1. The van der Waals surface area contributed by atoms with Crippen LogP contribution in [0.25, 0.3) is 26.3 Å². The molecule has 0 amide bonds. The van der Waals surface area contributed by atoms with E-state index >= 15 is 0 Å². The van der Waals surface area contributed by atoms with E-state index < -0.39 is 0 Å². The average Bonchev–Trinajstić information content (AvgIpc) is 3.01. The molecule has 19 heavy (non-hydrogen) atoms. The molecule has 0 fully saturated rings. The van der Waals surface area contributed by atoms with E-state index in [1.54, 1.807) is 15.9 Å². The van der Waals surface area contributed by atoms with Crippen molar-refractivity contribution in [1.82, 2.24) is 19.8 Å². The summed E-state index contributed by atoms with van der Waals surface area (Å²) in [6, 6.07) is 14.7. The summed E-state index contributed by atoms with van der Waals surface area (Å²) in [5.74, 6) is 0.818. The lowest BCUT2D eigenvalue weighted by Crippen LogP contribution is -1.88. The van der Waals surface area contributed by atoms with Crippen LogP contribution >= 0.6 is 11.3 Å². The van der Waals surface area contributed by atoms with E-state index in [9.17, 15) is 0 Å². The lowest BCUT2D eigenvalue weighted by molar-refractivity contribution is 0.898. The molecular weight excluding hydrogens is 256 g/mol. The largest absolute Gasteiger partial charge is 0.234 e. The summed E-state index contributed by atoms with van der Waals surface area (Å²) in [6.45, 7) is 1.91. The zero-order valence-corrected chi connectivity index (χ0v) is 11.1. The number of hydrogen-bond donors (Lipinski definition) is 0. The zero-order chi connectivity index (χ0) is 12.8. The maximum absolute atomic E-state index is 4.56. The Hall–Kier alpha value is -2.27. The van der Waals surface area contributed by atoms with Crippen LogP contribution in [0.15, 0.2) is 42.5 Å². The van der Waals surface area contributed by atoms with Gasteiger partial charge in [0, 0.05) is 5.56 Å². The Kier molecular flexibility index (Phi) is 2.16. The van der Waals surface area contributed by atoms with Crippen LogP contribution in [0.5, 0.6) is 0 Å². The average molecular weight is 266 g/mol. The second kappa shape index (κ2) is 3.86. The third-order valence-electron chi connectivity index (χ3n) is 3.14. The zero-order valence-electron chi connectivity index (χ0n) is 10.2. The van der Waals surface area contributed by atoms with Gasteiger partial charge in [-0.05, 0) is 23.8 Å². The van der Waals surface area contributed by atoms with Gasteiger partial charge in [0.05, 0.1) is 0 Å². The van der Waals surface area contributed by atoms with Gasteiger partial charge in [0.15, 0.2) is 5.82 Å². The van der Waals surface area contributed by atoms with Crippen molar-refractivity contribution in [2.45, 2.75) is 6.92 Å². The molecule has 0 bridgehead atoms. The van der Waals surface area contributed by atoms with E-state index in [1.807, 2.05) is 6.92 Å². The SMILES string of the molecule is Cc1nnc2sc(-c3ccc4ccccc4c3)nn12. The summed E-state index contributed by atoms with van der Waals surface area (Å²) < 4.78 is 1.79. The van der Waals surface area contributed by atoms with Gasteiger partial charge in [0.25, 0.3) is 0 Å². The van der Waals surface area contributed by atoms with Crippen LogP contribution in [-0.4, -0.2) is 19.8 Å². The van der Waals surface area contributed by atoms with Crippen LogP contribution in [0.3, 0.4) is 0 Å². The quantitative estimate of drug-likeness (QED) is 0.531. The predicted octanol–water partition coefficient (Wildman–Crippen LogP) is 3.31. The Morgan fingerprint density at radius 3 is 2.68 bits per heavy atom. The van der Waals surface area contributed by atoms with Crippen LogP contribution in [0.1, 0.15) is 5.82 Å². The molecule has 0 atom stereocenters. The van der Waals surface area contributed by atoms with Crippen molar-refractivity contribution in [3.8, 4) is 10.6 Å². The fourth-order valence-electron chi connectivity index (χ4n) is 2.15. The molecule has 4 nitrogen and oxygen atoms in total.